The van der Waals surface area contributed by atoms with E-state index in [1.165, 1.54) is 59.1 Å². The van der Waals surface area contributed by atoms with Crippen LogP contribution in [0, 0.1) is 13.8 Å². The number of fused-ring (bicyclic) bond motifs is 4. The Morgan fingerprint density at radius 2 is 1.70 bits per heavy atom. The summed E-state index contributed by atoms with van der Waals surface area (Å²) in [5, 5.41) is 0. The molecule has 2 unspecified atom stereocenters. The van der Waals surface area contributed by atoms with Crippen molar-refractivity contribution in [3.63, 3.8) is 0 Å². The van der Waals surface area contributed by atoms with Gasteiger partial charge in [-0.3, -0.25) is 0 Å². The minimum atomic E-state index is 0.452. The maximum atomic E-state index is 5.56. The van der Waals surface area contributed by atoms with Gasteiger partial charge in [-0.15, -0.1) is 0 Å². The largest absolute Gasteiger partial charge is 0.364 e. The molecule has 2 aliphatic carbocycles. The summed E-state index contributed by atoms with van der Waals surface area (Å²) < 4.78 is 5.56. The topological polar surface area (TPSA) is 12.5 Å². The van der Waals surface area contributed by atoms with Crippen LogP contribution in [0.1, 0.15) is 52.3 Å². The van der Waals surface area contributed by atoms with Gasteiger partial charge in [-0.2, -0.15) is 0 Å². The first-order chi connectivity index (χ1) is 11.2. The van der Waals surface area contributed by atoms with Gasteiger partial charge < -0.3 is 4.74 Å². The Bertz CT molecular complexity index is 757. The van der Waals surface area contributed by atoms with Crippen molar-refractivity contribution in [2.75, 3.05) is 0 Å². The number of epoxide rings is 1. The van der Waals surface area contributed by atoms with E-state index < -0.39 is 0 Å². The van der Waals surface area contributed by atoms with Gasteiger partial charge in [0.15, 0.2) is 0 Å². The van der Waals surface area contributed by atoms with Crippen molar-refractivity contribution in [3.8, 4) is 0 Å². The first-order valence-electron chi connectivity index (χ1n) is 8.72. The standard InChI is InChI=1S/C11H12O.C11H12/c1-7-2-3-8-4-5-10-11(12-10)9(8)6-7;1-9-6-7-10-4-2-3-5-11(10)8-9/h2-3,6,10-11H,4-5H2,1H3;3,5-8H,2,4H2,1H3. The minimum absolute atomic E-state index is 0.452. The molecule has 1 aliphatic heterocycles. The molecule has 0 bridgehead atoms. The Kier molecular flexibility index (Phi) is 3.82. The van der Waals surface area contributed by atoms with Gasteiger partial charge in [0.25, 0.3) is 0 Å². The molecule has 2 atom stereocenters. The van der Waals surface area contributed by atoms with Crippen LogP contribution in [0.15, 0.2) is 42.5 Å². The van der Waals surface area contributed by atoms with Gasteiger partial charge in [0.05, 0.1) is 6.10 Å². The number of allylic oxidation sites excluding steroid dienone is 1. The van der Waals surface area contributed by atoms with Crippen molar-refractivity contribution < 1.29 is 4.74 Å². The fraction of sp³-hybridized carbons (Fsp3) is 0.364. The maximum Gasteiger partial charge on any atom is 0.109 e. The summed E-state index contributed by atoms with van der Waals surface area (Å²) >= 11 is 0. The Hall–Kier alpha value is -1.86. The molecule has 0 spiro atoms. The van der Waals surface area contributed by atoms with Crippen LogP contribution < -0.4 is 0 Å². The Morgan fingerprint density at radius 1 is 0.913 bits per heavy atom. The summed E-state index contributed by atoms with van der Waals surface area (Å²) in [5.41, 5.74) is 8.57. The molecule has 1 fully saturated rings. The van der Waals surface area contributed by atoms with Crippen molar-refractivity contribution in [1.82, 2.24) is 0 Å². The van der Waals surface area contributed by atoms with Gasteiger partial charge in [-0.05, 0) is 61.8 Å². The molecule has 3 aliphatic rings. The highest BCUT2D eigenvalue weighted by Gasteiger charge is 2.43. The number of rotatable bonds is 0. The summed E-state index contributed by atoms with van der Waals surface area (Å²) in [5.74, 6) is 0. The van der Waals surface area contributed by atoms with E-state index in [2.05, 4.69) is 62.4 Å². The minimum Gasteiger partial charge on any atom is -0.364 e. The second-order valence-corrected chi connectivity index (χ2v) is 6.98. The van der Waals surface area contributed by atoms with Gasteiger partial charge in [0.1, 0.15) is 6.10 Å². The number of aryl methyl sites for hydroxylation is 4. The van der Waals surface area contributed by atoms with E-state index in [-0.39, 0.29) is 0 Å². The van der Waals surface area contributed by atoms with E-state index in [4.69, 9.17) is 4.74 Å². The normalized spacial score (nSPS) is 23.0. The van der Waals surface area contributed by atoms with E-state index in [9.17, 15) is 0 Å². The lowest BCUT2D eigenvalue weighted by Crippen LogP contribution is -2.04. The zero-order valence-electron chi connectivity index (χ0n) is 14.0. The predicted molar refractivity (Wildman–Crippen MR) is 95.6 cm³/mol. The van der Waals surface area contributed by atoms with Crippen LogP contribution in [0.3, 0.4) is 0 Å². The fourth-order valence-electron chi connectivity index (χ4n) is 3.69. The predicted octanol–water partition coefficient (Wildman–Crippen LogP) is 5.34. The summed E-state index contributed by atoms with van der Waals surface area (Å²) in [6, 6.07) is 13.4. The average molecular weight is 304 g/mol. The number of benzene rings is 2. The van der Waals surface area contributed by atoms with Crippen molar-refractivity contribution in [3.05, 3.63) is 75.9 Å². The third-order valence-corrected chi connectivity index (χ3v) is 5.07. The highest BCUT2D eigenvalue weighted by atomic mass is 16.6. The smallest absolute Gasteiger partial charge is 0.109 e. The fourth-order valence-corrected chi connectivity index (χ4v) is 3.69. The zero-order chi connectivity index (χ0) is 15.8. The van der Waals surface area contributed by atoms with Crippen molar-refractivity contribution >= 4 is 6.08 Å². The second-order valence-electron chi connectivity index (χ2n) is 6.98. The van der Waals surface area contributed by atoms with Crippen LogP contribution in [0.5, 0.6) is 0 Å². The number of hydrogen-bond donors (Lipinski definition) is 0. The van der Waals surface area contributed by atoms with Crippen molar-refractivity contribution in [2.45, 2.75) is 51.7 Å². The molecular weight excluding hydrogens is 280 g/mol. The van der Waals surface area contributed by atoms with E-state index in [0.29, 0.717) is 12.2 Å². The van der Waals surface area contributed by atoms with E-state index >= 15 is 0 Å². The molecule has 0 saturated carbocycles. The van der Waals surface area contributed by atoms with Crippen molar-refractivity contribution in [2.24, 2.45) is 0 Å². The second kappa shape index (κ2) is 5.98. The van der Waals surface area contributed by atoms with Gasteiger partial charge in [-0.25, -0.2) is 0 Å². The average Bonchev–Trinajstić information content (AvgIpc) is 3.35. The SMILES string of the molecule is Cc1ccc2c(c1)C1OC1CC2.Cc1ccc2c(c1)C=CCC2. The molecule has 0 radical (unpaired) electrons. The molecule has 0 N–H and O–H groups in total. The Morgan fingerprint density at radius 3 is 2.57 bits per heavy atom. The van der Waals surface area contributed by atoms with Crippen LogP contribution in [0.2, 0.25) is 0 Å². The Labute approximate surface area is 139 Å². The molecule has 0 amide bonds. The molecule has 1 heterocycles. The van der Waals surface area contributed by atoms with Crippen LogP contribution in [-0.2, 0) is 17.6 Å². The molecule has 118 valence electrons. The van der Waals surface area contributed by atoms with Crippen molar-refractivity contribution in [1.29, 1.82) is 0 Å². The highest BCUT2D eigenvalue weighted by molar-refractivity contribution is 5.57. The summed E-state index contributed by atoms with van der Waals surface area (Å²) in [7, 11) is 0. The lowest BCUT2D eigenvalue weighted by atomic mass is 9.91. The van der Waals surface area contributed by atoms with Crippen LogP contribution >= 0.6 is 0 Å². The molecule has 0 aromatic heterocycles. The molecule has 2 aromatic carbocycles. The van der Waals surface area contributed by atoms with Crippen LogP contribution in [0.25, 0.3) is 6.08 Å². The lowest BCUT2D eigenvalue weighted by Gasteiger charge is -2.11. The van der Waals surface area contributed by atoms with Gasteiger partial charge in [0, 0.05) is 0 Å². The molecule has 1 nitrogen and oxygen atoms in total. The Balaban J connectivity index is 0.000000118. The summed E-state index contributed by atoms with van der Waals surface area (Å²) in [6.45, 7) is 4.29. The molecule has 2 aromatic rings. The van der Waals surface area contributed by atoms with E-state index in [1.807, 2.05) is 0 Å². The summed E-state index contributed by atoms with van der Waals surface area (Å²) in [6.07, 6.45) is 10.3. The van der Waals surface area contributed by atoms with Gasteiger partial charge in [0.2, 0.25) is 0 Å². The maximum absolute atomic E-state index is 5.56. The molecule has 5 rings (SSSR count). The molecule has 1 saturated heterocycles. The zero-order valence-corrected chi connectivity index (χ0v) is 14.0. The quantitative estimate of drug-likeness (QED) is 0.599. The van der Waals surface area contributed by atoms with Crippen LogP contribution in [0.4, 0.5) is 0 Å². The first kappa shape index (κ1) is 14.7. The lowest BCUT2D eigenvalue weighted by molar-refractivity contribution is 0.372. The number of ether oxygens (including phenoxy) is 1. The molecular formula is C22H24O. The third-order valence-electron chi connectivity index (χ3n) is 5.07. The number of hydrogen-bond acceptors (Lipinski definition) is 1. The first-order valence-corrected chi connectivity index (χ1v) is 8.72. The third kappa shape index (κ3) is 3.11. The molecule has 1 heteroatoms. The van der Waals surface area contributed by atoms with Gasteiger partial charge >= 0.3 is 0 Å². The van der Waals surface area contributed by atoms with E-state index in [0.717, 1.165) is 0 Å². The summed E-state index contributed by atoms with van der Waals surface area (Å²) in [4.78, 5) is 0. The van der Waals surface area contributed by atoms with E-state index in [1.54, 1.807) is 0 Å². The monoisotopic (exact) mass is 304 g/mol. The van der Waals surface area contributed by atoms with Gasteiger partial charge in [-0.1, -0.05) is 59.7 Å². The highest BCUT2D eigenvalue weighted by Crippen LogP contribution is 2.46. The molecule has 23 heavy (non-hydrogen) atoms. The van der Waals surface area contributed by atoms with Crippen LogP contribution in [-0.4, -0.2) is 6.10 Å².